The number of aliphatic hydroxyl groups is 1. The van der Waals surface area contributed by atoms with Crippen molar-refractivity contribution in [1.29, 1.82) is 0 Å². The normalized spacial score (nSPS) is 22.9. The Morgan fingerprint density at radius 2 is 2.19 bits per heavy atom. The first-order valence-electron chi connectivity index (χ1n) is 4.75. The Balaban J connectivity index is 2.25. The van der Waals surface area contributed by atoms with E-state index in [1.54, 1.807) is 29.1 Å². The predicted octanol–water partition coefficient (Wildman–Crippen LogP) is 1.33. The minimum atomic E-state index is -1.64. The summed E-state index contributed by atoms with van der Waals surface area (Å²) in [5, 5.41) is 14.8. The molecule has 1 aliphatic rings. The van der Waals surface area contributed by atoms with Gasteiger partial charge in [0.2, 0.25) is 5.60 Å². The third kappa shape index (κ3) is 1.07. The van der Waals surface area contributed by atoms with E-state index in [1.807, 2.05) is 6.07 Å². The lowest BCUT2D eigenvalue weighted by Gasteiger charge is -2.17. The fourth-order valence-electron chi connectivity index (χ4n) is 1.89. The highest BCUT2D eigenvalue weighted by molar-refractivity contribution is 7.07. The minimum Gasteiger partial charge on any atom is -0.370 e. The Bertz CT molecular complexity index is 553. The quantitative estimate of drug-likeness (QED) is 0.779. The molecule has 2 N–H and O–H groups in total. The number of para-hydroxylation sites is 1. The number of hydrogen-bond donors (Lipinski definition) is 2. The number of nitrogens with one attached hydrogen (secondary N) is 1. The highest BCUT2D eigenvalue weighted by Crippen LogP contribution is 2.40. The van der Waals surface area contributed by atoms with Crippen LogP contribution in [0.5, 0.6) is 0 Å². The molecule has 0 bridgehead atoms. The molecular formula is C11H8N2O2S. The lowest BCUT2D eigenvalue weighted by Crippen LogP contribution is -2.35. The van der Waals surface area contributed by atoms with E-state index >= 15 is 0 Å². The van der Waals surface area contributed by atoms with Crippen LogP contribution in [-0.4, -0.2) is 16.0 Å². The molecule has 0 aliphatic carbocycles. The van der Waals surface area contributed by atoms with Crippen LogP contribution >= 0.6 is 11.3 Å². The van der Waals surface area contributed by atoms with E-state index in [9.17, 15) is 9.90 Å². The molecule has 0 fully saturated rings. The number of nitrogens with zero attached hydrogens (tertiary/aromatic N) is 1. The van der Waals surface area contributed by atoms with Crippen LogP contribution in [0.4, 0.5) is 5.69 Å². The SMILES string of the molecule is O=C1Nc2ccccc2C1(O)c1cscn1. The molecule has 3 rings (SSSR count). The van der Waals surface area contributed by atoms with Crippen molar-refractivity contribution < 1.29 is 9.90 Å². The van der Waals surface area contributed by atoms with Gasteiger partial charge in [0, 0.05) is 16.6 Å². The number of fused-ring (bicyclic) bond motifs is 1. The Hall–Kier alpha value is -1.72. The fourth-order valence-corrected chi connectivity index (χ4v) is 2.48. The maximum atomic E-state index is 11.9. The Kier molecular flexibility index (Phi) is 1.86. The average Bonchev–Trinajstić information content (AvgIpc) is 2.89. The molecule has 5 heteroatoms. The van der Waals surface area contributed by atoms with Crippen LogP contribution in [0.15, 0.2) is 35.2 Å². The van der Waals surface area contributed by atoms with E-state index < -0.39 is 11.5 Å². The van der Waals surface area contributed by atoms with Gasteiger partial charge >= 0.3 is 0 Å². The average molecular weight is 232 g/mol. The fraction of sp³-hybridized carbons (Fsp3) is 0.0909. The topological polar surface area (TPSA) is 62.2 Å². The second-order valence-electron chi connectivity index (χ2n) is 3.58. The summed E-state index contributed by atoms with van der Waals surface area (Å²) in [6.07, 6.45) is 0. The number of thiazole rings is 1. The zero-order chi connectivity index (χ0) is 11.2. The summed E-state index contributed by atoms with van der Waals surface area (Å²) < 4.78 is 0. The van der Waals surface area contributed by atoms with Gasteiger partial charge in [0.15, 0.2) is 0 Å². The van der Waals surface area contributed by atoms with Crippen LogP contribution in [0.25, 0.3) is 0 Å². The Morgan fingerprint density at radius 1 is 1.38 bits per heavy atom. The highest BCUT2D eigenvalue weighted by Gasteiger charge is 2.48. The van der Waals surface area contributed by atoms with Gasteiger partial charge in [0.1, 0.15) is 0 Å². The van der Waals surface area contributed by atoms with E-state index in [4.69, 9.17) is 0 Å². The molecular weight excluding hydrogens is 224 g/mol. The number of amides is 1. The summed E-state index contributed by atoms with van der Waals surface area (Å²) >= 11 is 1.35. The van der Waals surface area contributed by atoms with Gasteiger partial charge in [-0.1, -0.05) is 18.2 Å². The first-order chi connectivity index (χ1) is 7.73. The van der Waals surface area contributed by atoms with Crippen molar-refractivity contribution in [3.63, 3.8) is 0 Å². The van der Waals surface area contributed by atoms with Gasteiger partial charge < -0.3 is 10.4 Å². The van der Waals surface area contributed by atoms with Gasteiger partial charge in [-0.25, -0.2) is 4.98 Å². The number of carbonyl (C=O) groups excluding carboxylic acids is 1. The first kappa shape index (κ1) is 9.50. The van der Waals surface area contributed by atoms with Crippen LogP contribution in [-0.2, 0) is 10.4 Å². The van der Waals surface area contributed by atoms with E-state index in [2.05, 4.69) is 10.3 Å². The van der Waals surface area contributed by atoms with E-state index in [0.29, 0.717) is 16.9 Å². The molecule has 1 amide bonds. The summed E-state index contributed by atoms with van der Waals surface area (Å²) in [5.41, 5.74) is 1.53. The van der Waals surface area contributed by atoms with E-state index in [1.165, 1.54) is 11.3 Å². The van der Waals surface area contributed by atoms with Crippen molar-refractivity contribution in [3.05, 3.63) is 46.4 Å². The Labute approximate surface area is 95.6 Å². The van der Waals surface area contributed by atoms with Gasteiger partial charge in [-0.2, -0.15) is 0 Å². The number of hydrogen-bond acceptors (Lipinski definition) is 4. The molecule has 1 aliphatic heterocycles. The number of carbonyl (C=O) groups is 1. The summed E-state index contributed by atoms with van der Waals surface area (Å²) in [5.74, 6) is -0.445. The lowest BCUT2D eigenvalue weighted by atomic mass is 9.93. The van der Waals surface area contributed by atoms with Crippen LogP contribution in [0.1, 0.15) is 11.3 Å². The van der Waals surface area contributed by atoms with Crippen LogP contribution < -0.4 is 5.32 Å². The highest BCUT2D eigenvalue weighted by atomic mass is 32.1. The van der Waals surface area contributed by atoms with Crippen molar-refractivity contribution in [2.24, 2.45) is 0 Å². The number of benzene rings is 1. The largest absolute Gasteiger partial charge is 0.370 e. The monoisotopic (exact) mass is 232 g/mol. The third-order valence-corrected chi connectivity index (χ3v) is 3.28. The molecule has 1 aromatic heterocycles. The summed E-state index contributed by atoms with van der Waals surface area (Å²) in [7, 11) is 0. The molecule has 2 heterocycles. The molecule has 4 nitrogen and oxygen atoms in total. The van der Waals surface area contributed by atoms with Crippen molar-refractivity contribution in [2.45, 2.75) is 5.60 Å². The maximum absolute atomic E-state index is 11.9. The van der Waals surface area contributed by atoms with E-state index in [-0.39, 0.29) is 0 Å². The summed E-state index contributed by atoms with van der Waals surface area (Å²) in [4.78, 5) is 15.9. The van der Waals surface area contributed by atoms with Crippen LogP contribution in [0.3, 0.4) is 0 Å². The number of rotatable bonds is 1. The maximum Gasteiger partial charge on any atom is 0.267 e. The first-order valence-corrected chi connectivity index (χ1v) is 5.69. The zero-order valence-electron chi connectivity index (χ0n) is 8.18. The molecule has 1 unspecified atom stereocenters. The molecule has 0 radical (unpaired) electrons. The molecule has 0 spiro atoms. The number of anilines is 1. The van der Waals surface area contributed by atoms with Gasteiger partial charge in [-0.3, -0.25) is 4.79 Å². The second-order valence-corrected chi connectivity index (χ2v) is 4.30. The minimum absolute atomic E-state index is 0.375. The lowest BCUT2D eigenvalue weighted by molar-refractivity contribution is -0.129. The van der Waals surface area contributed by atoms with Gasteiger partial charge in [0.25, 0.3) is 5.91 Å². The van der Waals surface area contributed by atoms with Crippen LogP contribution in [0.2, 0.25) is 0 Å². The molecule has 80 valence electrons. The van der Waals surface area contributed by atoms with Crippen molar-refractivity contribution in [3.8, 4) is 0 Å². The van der Waals surface area contributed by atoms with Crippen molar-refractivity contribution in [1.82, 2.24) is 4.98 Å². The van der Waals surface area contributed by atoms with Gasteiger partial charge in [-0.05, 0) is 6.07 Å². The molecule has 0 saturated heterocycles. The van der Waals surface area contributed by atoms with Crippen molar-refractivity contribution in [2.75, 3.05) is 5.32 Å². The zero-order valence-corrected chi connectivity index (χ0v) is 8.99. The standard InChI is InChI=1S/C11H8N2O2S/c14-10-11(15,9-5-16-6-12-9)7-3-1-2-4-8(7)13-10/h1-6,15H,(H,13,14). The third-order valence-electron chi connectivity index (χ3n) is 2.70. The smallest absolute Gasteiger partial charge is 0.267 e. The van der Waals surface area contributed by atoms with Crippen molar-refractivity contribution >= 4 is 22.9 Å². The predicted molar refractivity (Wildman–Crippen MR) is 60.2 cm³/mol. The molecule has 2 aromatic rings. The molecule has 16 heavy (non-hydrogen) atoms. The van der Waals surface area contributed by atoms with E-state index in [0.717, 1.165) is 0 Å². The summed E-state index contributed by atoms with van der Waals surface area (Å²) in [6.45, 7) is 0. The molecule has 0 saturated carbocycles. The molecule has 1 atom stereocenters. The molecule has 1 aromatic carbocycles. The Morgan fingerprint density at radius 3 is 2.94 bits per heavy atom. The second kappa shape index (κ2) is 3.13. The van der Waals surface area contributed by atoms with Crippen LogP contribution in [0, 0.1) is 0 Å². The van der Waals surface area contributed by atoms with Gasteiger partial charge in [0.05, 0.1) is 11.2 Å². The van der Waals surface area contributed by atoms with Gasteiger partial charge in [-0.15, -0.1) is 11.3 Å². The number of aromatic nitrogens is 1. The summed E-state index contributed by atoms with van der Waals surface area (Å²) in [6, 6.07) is 7.09.